The standard InChI is InChI=1S/C21H28N2O3/c1-5-6-7-8-16-12-18(14(2)23-20(16)22)11-15-9-10-17(21(24)26-4)13-19(15)25-3/h9-10,12-13H,5-8,11H2,1-4H3,(H2,22,23). The number of nitrogen functional groups attached to an aromatic ring is 1. The smallest absolute Gasteiger partial charge is 0.337 e. The average molecular weight is 356 g/mol. The zero-order valence-electron chi connectivity index (χ0n) is 16.1. The minimum atomic E-state index is -0.376. The molecule has 5 heteroatoms. The maximum absolute atomic E-state index is 11.7. The third-order valence-electron chi connectivity index (χ3n) is 4.57. The topological polar surface area (TPSA) is 74.4 Å². The van der Waals surface area contributed by atoms with Crippen LogP contribution < -0.4 is 10.5 Å². The Hall–Kier alpha value is -2.56. The van der Waals surface area contributed by atoms with Crippen LogP contribution in [0, 0.1) is 6.92 Å². The van der Waals surface area contributed by atoms with Gasteiger partial charge in [0, 0.05) is 12.1 Å². The summed E-state index contributed by atoms with van der Waals surface area (Å²) in [5.74, 6) is 0.908. The van der Waals surface area contributed by atoms with Crippen LogP contribution >= 0.6 is 0 Å². The van der Waals surface area contributed by atoms with Gasteiger partial charge in [-0.25, -0.2) is 9.78 Å². The molecule has 1 aromatic carbocycles. The lowest BCUT2D eigenvalue weighted by Gasteiger charge is -2.14. The number of esters is 1. The minimum Gasteiger partial charge on any atom is -0.496 e. The second-order valence-corrected chi connectivity index (χ2v) is 6.43. The molecule has 0 fully saturated rings. The lowest BCUT2D eigenvalue weighted by molar-refractivity contribution is 0.0600. The van der Waals surface area contributed by atoms with Gasteiger partial charge in [-0.05, 0) is 48.6 Å². The first-order valence-corrected chi connectivity index (χ1v) is 9.00. The van der Waals surface area contributed by atoms with Gasteiger partial charge in [0.05, 0.1) is 19.8 Å². The molecule has 2 rings (SSSR count). The van der Waals surface area contributed by atoms with Crippen molar-refractivity contribution in [2.45, 2.75) is 46.0 Å². The van der Waals surface area contributed by atoms with Gasteiger partial charge in [0.2, 0.25) is 0 Å². The van der Waals surface area contributed by atoms with Crippen molar-refractivity contribution in [2.75, 3.05) is 20.0 Å². The molecule has 0 saturated carbocycles. The number of aromatic nitrogens is 1. The van der Waals surface area contributed by atoms with E-state index < -0.39 is 0 Å². The SMILES string of the molecule is CCCCCc1cc(Cc2ccc(C(=O)OC)cc2OC)c(C)nc1N. The molecule has 0 unspecified atom stereocenters. The number of nitrogens with zero attached hydrogens (tertiary/aromatic N) is 1. The molecule has 140 valence electrons. The first-order chi connectivity index (χ1) is 12.5. The first kappa shape index (κ1) is 19.8. The summed E-state index contributed by atoms with van der Waals surface area (Å²) >= 11 is 0. The predicted octanol–water partition coefficient (Wildman–Crippen LogP) is 4.09. The fourth-order valence-electron chi connectivity index (χ4n) is 3.00. The van der Waals surface area contributed by atoms with Crippen molar-refractivity contribution in [1.82, 2.24) is 4.98 Å². The van der Waals surface area contributed by atoms with Crippen molar-refractivity contribution in [3.8, 4) is 5.75 Å². The predicted molar refractivity (Wildman–Crippen MR) is 104 cm³/mol. The van der Waals surface area contributed by atoms with E-state index in [1.165, 1.54) is 20.0 Å². The normalized spacial score (nSPS) is 10.6. The first-order valence-electron chi connectivity index (χ1n) is 9.00. The van der Waals surface area contributed by atoms with E-state index in [2.05, 4.69) is 18.0 Å². The van der Waals surface area contributed by atoms with Gasteiger partial charge in [-0.15, -0.1) is 0 Å². The van der Waals surface area contributed by atoms with Gasteiger partial charge in [0.15, 0.2) is 0 Å². The summed E-state index contributed by atoms with van der Waals surface area (Å²) < 4.78 is 10.2. The van der Waals surface area contributed by atoms with E-state index in [-0.39, 0.29) is 5.97 Å². The summed E-state index contributed by atoms with van der Waals surface area (Å²) in [5, 5.41) is 0. The molecular weight excluding hydrogens is 328 g/mol. The van der Waals surface area contributed by atoms with Crippen LogP contribution in [0.1, 0.15) is 58.9 Å². The molecule has 0 aliphatic heterocycles. The van der Waals surface area contributed by atoms with Gasteiger partial charge in [0.1, 0.15) is 11.6 Å². The molecule has 26 heavy (non-hydrogen) atoms. The van der Waals surface area contributed by atoms with E-state index >= 15 is 0 Å². The van der Waals surface area contributed by atoms with Crippen molar-refractivity contribution in [2.24, 2.45) is 0 Å². The van der Waals surface area contributed by atoms with Gasteiger partial charge in [-0.3, -0.25) is 0 Å². The number of hydrogen-bond acceptors (Lipinski definition) is 5. The summed E-state index contributed by atoms with van der Waals surface area (Å²) in [6, 6.07) is 7.52. The number of benzene rings is 1. The Morgan fingerprint density at radius 2 is 1.88 bits per heavy atom. The van der Waals surface area contributed by atoms with E-state index in [1.807, 2.05) is 13.0 Å². The number of unbranched alkanes of at least 4 members (excludes halogenated alkanes) is 2. The molecule has 0 aliphatic rings. The van der Waals surface area contributed by atoms with Crippen molar-refractivity contribution in [3.63, 3.8) is 0 Å². The average Bonchev–Trinajstić information content (AvgIpc) is 2.64. The van der Waals surface area contributed by atoms with E-state index in [0.717, 1.165) is 35.2 Å². The molecule has 0 amide bonds. The van der Waals surface area contributed by atoms with Gasteiger partial charge < -0.3 is 15.2 Å². The number of hydrogen-bond donors (Lipinski definition) is 1. The Morgan fingerprint density at radius 3 is 2.54 bits per heavy atom. The van der Waals surface area contributed by atoms with Gasteiger partial charge in [-0.1, -0.05) is 31.9 Å². The van der Waals surface area contributed by atoms with Crippen molar-refractivity contribution >= 4 is 11.8 Å². The fourth-order valence-corrected chi connectivity index (χ4v) is 3.00. The number of ether oxygens (including phenoxy) is 2. The lowest BCUT2D eigenvalue weighted by atomic mass is 9.98. The van der Waals surface area contributed by atoms with Crippen LogP contribution in [0.2, 0.25) is 0 Å². The molecule has 0 atom stereocenters. The van der Waals surface area contributed by atoms with Crippen LogP contribution in [0.3, 0.4) is 0 Å². The van der Waals surface area contributed by atoms with Crippen molar-refractivity contribution in [1.29, 1.82) is 0 Å². The van der Waals surface area contributed by atoms with Gasteiger partial charge >= 0.3 is 5.97 Å². The number of carbonyl (C=O) groups excluding carboxylic acids is 1. The molecule has 0 saturated heterocycles. The highest BCUT2D eigenvalue weighted by molar-refractivity contribution is 5.89. The molecular formula is C21H28N2O3. The van der Waals surface area contributed by atoms with E-state index in [1.54, 1.807) is 19.2 Å². The largest absolute Gasteiger partial charge is 0.496 e. The Morgan fingerprint density at radius 1 is 1.12 bits per heavy atom. The molecule has 5 nitrogen and oxygen atoms in total. The summed E-state index contributed by atoms with van der Waals surface area (Å²) in [6.45, 7) is 4.16. The molecule has 1 aromatic heterocycles. The Kier molecular flexibility index (Phi) is 7.01. The third-order valence-corrected chi connectivity index (χ3v) is 4.57. The maximum atomic E-state index is 11.7. The quantitative estimate of drug-likeness (QED) is 0.569. The highest BCUT2D eigenvalue weighted by Gasteiger charge is 2.13. The Labute approximate surface area is 155 Å². The number of aryl methyl sites for hydroxylation is 2. The van der Waals surface area contributed by atoms with Crippen LogP contribution in [0.4, 0.5) is 5.82 Å². The van der Waals surface area contributed by atoms with Crippen LogP contribution in [0.5, 0.6) is 5.75 Å². The van der Waals surface area contributed by atoms with Gasteiger partial charge in [-0.2, -0.15) is 0 Å². The number of anilines is 1. The highest BCUT2D eigenvalue weighted by atomic mass is 16.5. The number of pyridine rings is 1. The summed E-state index contributed by atoms with van der Waals surface area (Å²) in [7, 11) is 2.97. The number of methoxy groups -OCH3 is 2. The summed E-state index contributed by atoms with van der Waals surface area (Å²) in [4.78, 5) is 16.2. The number of rotatable bonds is 8. The van der Waals surface area contributed by atoms with Crippen LogP contribution in [0.25, 0.3) is 0 Å². The zero-order valence-corrected chi connectivity index (χ0v) is 16.1. The molecule has 0 aliphatic carbocycles. The van der Waals surface area contributed by atoms with Crippen LogP contribution in [-0.4, -0.2) is 25.2 Å². The molecule has 2 N–H and O–H groups in total. The fraction of sp³-hybridized carbons (Fsp3) is 0.429. The number of carbonyl (C=O) groups is 1. The van der Waals surface area contributed by atoms with E-state index in [9.17, 15) is 4.79 Å². The monoisotopic (exact) mass is 356 g/mol. The van der Waals surface area contributed by atoms with E-state index in [0.29, 0.717) is 23.6 Å². The summed E-state index contributed by atoms with van der Waals surface area (Å²) in [6.07, 6.45) is 5.09. The minimum absolute atomic E-state index is 0.376. The summed E-state index contributed by atoms with van der Waals surface area (Å²) in [5.41, 5.74) is 10.7. The van der Waals surface area contributed by atoms with Crippen LogP contribution in [0.15, 0.2) is 24.3 Å². The molecule has 0 bridgehead atoms. The Balaban J connectivity index is 2.29. The van der Waals surface area contributed by atoms with Crippen LogP contribution in [-0.2, 0) is 17.6 Å². The van der Waals surface area contributed by atoms with E-state index in [4.69, 9.17) is 15.2 Å². The van der Waals surface area contributed by atoms with Crippen molar-refractivity contribution < 1.29 is 14.3 Å². The number of nitrogens with two attached hydrogens (primary N) is 1. The Bertz CT molecular complexity index is 772. The molecule has 1 heterocycles. The molecule has 0 spiro atoms. The van der Waals surface area contributed by atoms with Crippen molar-refractivity contribution in [3.05, 3.63) is 52.2 Å². The third kappa shape index (κ3) is 4.75. The molecule has 2 aromatic rings. The maximum Gasteiger partial charge on any atom is 0.337 e. The second-order valence-electron chi connectivity index (χ2n) is 6.43. The lowest BCUT2D eigenvalue weighted by Crippen LogP contribution is -2.06. The van der Waals surface area contributed by atoms with Gasteiger partial charge in [0.25, 0.3) is 0 Å². The second kappa shape index (κ2) is 9.22. The molecule has 0 radical (unpaired) electrons. The zero-order chi connectivity index (χ0) is 19.1. The highest BCUT2D eigenvalue weighted by Crippen LogP contribution is 2.26.